The molecule has 0 saturated heterocycles. The van der Waals surface area contributed by atoms with Crippen LogP contribution in [-0.4, -0.2) is 23.3 Å². The van der Waals surface area contributed by atoms with E-state index in [1.54, 1.807) is 43.5 Å². The number of carboxylic acid groups (broad SMARTS) is 1. The Morgan fingerprint density at radius 3 is 2.32 bits per heavy atom. The van der Waals surface area contributed by atoms with Gasteiger partial charge in [-0.25, -0.2) is 0 Å². The minimum absolute atomic E-state index is 0.261. The van der Waals surface area contributed by atoms with Crippen LogP contribution in [0.4, 0.5) is 0 Å². The molecule has 0 aliphatic heterocycles. The molecule has 1 atom stereocenters. The fraction of sp³-hybridized carbons (Fsp3) is 0.100. The van der Waals surface area contributed by atoms with Crippen molar-refractivity contribution in [3.63, 3.8) is 0 Å². The molecule has 1 N–H and O–H groups in total. The highest BCUT2D eigenvalue weighted by Crippen LogP contribution is 2.34. The van der Waals surface area contributed by atoms with E-state index >= 15 is 0 Å². The standard InChI is InChI=1S/C20H16O4S/c1-24-17-10-9-14-11-16(8-7-15(14)12-17)18(19(21)22)25-20(23)13-5-3-2-4-6-13/h2-12,18H,1H3,(H,21,22). The molecule has 0 heterocycles. The summed E-state index contributed by atoms with van der Waals surface area (Å²) < 4.78 is 5.20. The number of carboxylic acids is 1. The number of thioether (sulfide) groups is 1. The molecular weight excluding hydrogens is 336 g/mol. The van der Waals surface area contributed by atoms with Crippen molar-refractivity contribution in [2.24, 2.45) is 0 Å². The zero-order valence-electron chi connectivity index (χ0n) is 13.5. The van der Waals surface area contributed by atoms with Gasteiger partial charge in [-0.15, -0.1) is 0 Å². The first kappa shape index (κ1) is 17.0. The van der Waals surface area contributed by atoms with Gasteiger partial charge in [0.1, 0.15) is 11.0 Å². The lowest BCUT2D eigenvalue weighted by Gasteiger charge is -2.13. The monoisotopic (exact) mass is 352 g/mol. The number of ether oxygens (including phenoxy) is 1. The Balaban J connectivity index is 1.91. The summed E-state index contributed by atoms with van der Waals surface area (Å²) in [5.41, 5.74) is 1.07. The van der Waals surface area contributed by atoms with Crippen LogP contribution in [0.5, 0.6) is 5.75 Å². The fourth-order valence-electron chi connectivity index (χ4n) is 2.54. The molecule has 0 saturated carbocycles. The second-order valence-corrected chi connectivity index (χ2v) is 6.54. The minimum Gasteiger partial charge on any atom is -0.497 e. The zero-order chi connectivity index (χ0) is 17.8. The summed E-state index contributed by atoms with van der Waals surface area (Å²) in [5, 5.41) is 10.2. The average molecular weight is 352 g/mol. The Kier molecular flexibility index (Phi) is 5.05. The van der Waals surface area contributed by atoms with E-state index in [0.29, 0.717) is 11.1 Å². The summed E-state index contributed by atoms with van der Waals surface area (Å²) in [6, 6.07) is 19.7. The van der Waals surface area contributed by atoms with Crippen molar-refractivity contribution < 1.29 is 19.4 Å². The lowest BCUT2D eigenvalue weighted by atomic mass is 10.0. The molecule has 4 nitrogen and oxygen atoms in total. The van der Waals surface area contributed by atoms with Gasteiger partial charge in [-0.2, -0.15) is 0 Å². The molecule has 3 rings (SSSR count). The van der Waals surface area contributed by atoms with Gasteiger partial charge in [0, 0.05) is 5.56 Å². The van der Waals surface area contributed by atoms with Crippen LogP contribution in [-0.2, 0) is 4.79 Å². The number of aliphatic carboxylic acids is 1. The maximum atomic E-state index is 12.4. The van der Waals surface area contributed by atoms with Crippen LogP contribution in [0, 0.1) is 0 Å². The van der Waals surface area contributed by atoms with Gasteiger partial charge in [-0.05, 0) is 34.5 Å². The molecule has 0 aliphatic rings. The number of hydrogen-bond acceptors (Lipinski definition) is 4. The van der Waals surface area contributed by atoms with Gasteiger partial charge in [0.2, 0.25) is 5.12 Å². The third kappa shape index (κ3) is 3.83. The molecule has 0 aromatic heterocycles. The number of carbonyl (C=O) groups excluding carboxylic acids is 1. The molecular formula is C20H16O4S. The van der Waals surface area contributed by atoms with Gasteiger partial charge < -0.3 is 9.84 Å². The van der Waals surface area contributed by atoms with Gasteiger partial charge >= 0.3 is 5.97 Å². The minimum atomic E-state index is -1.04. The van der Waals surface area contributed by atoms with Gasteiger partial charge in [-0.3, -0.25) is 9.59 Å². The van der Waals surface area contributed by atoms with Crippen molar-refractivity contribution in [3.05, 3.63) is 77.9 Å². The van der Waals surface area contributed by atoms with E-state index in [4.69, 9.17) is 4.74 Å². The molecule has 0 spiro atoms. The highest BCUT2D eigenvalue weighted by Gasteiger charge is 2.25. The molecule has 126 valence electrons. The summed E-state index contributed by atoms with van der Waals surface area (Å²) in [4.78, 5) is 24.1. The van der Waals surface area contributed by atoms with Gasteiger partial charge in [0.15, 0.2) is 0 Å². The molecule has 0 aliphatic carbocycles. The number of benzene rings is 3. The van der Waals surface area contributed by atoms with Crippen molar-refractivity contribution >= 4 is 33.6 Å². The molecule has 3 aromatic carbocycles. The van der Waals surface area contributed by atoms with E-state index in [-0.39, 0.29) is 5.12 Å². The van der Waals surface area contributed by atoms with E-state index in [2.05, 4.69) is 0 Å². The summed E-state index contributed by atoms with van der Waals surface area (Å²) in [7, 11) is 1.60. The topological polar surface area (TPSA) is 63.6 Å². The average Bonchev–Trinajstić information content (AvgIpc) is 2.65. The normalized spacial score (nSPS) is 11.9. The second-order valence-electron chi connectivity index (χ2n) is 5.46. The van der Waals surface area contributed by atoms with Gasteiger partial charge in [0.05, 0.1) is 7.11 Å². The van der Waals surface area contributed by atoms with Crippen LogP contribution < -0.4 is 4.74 Å². The third-order valence-corrected chi connectivity index (χ3v) is 4.99. The number of hydrogen-bond donors (Lipinski definition) is 1. The van der Waals surface area contributed by atoms with Gasteiger partial charge in [0.25, 0.3) is 0 Å². The quantitative estimate of drug-likeness (QED) is 0.730. The number of fused-ring (bicyclic) bond motifs is 1. The van der Waals surface area contributed by atoms with E-state index < -0.39 is 11.2 Å². The number of carbonyl (C=O) groups is 2. The zero-order valence-corrected chi connectivity index (χ0v) is 14.3. The first-order chi connectivity index (χ1) is 12.1. The maximum Gasteiger partial charge on any atom is 0.321 e. The van der Waals surface area contributed by atoms with Crippen LogP contribution in [0.3, 0.4) is 0 Å². The van der Waals surface area contributed by atoms with Crippen molar-refractivity contribution in [2.75, 3.05) is 7.11 Å². The predicted molar refractivity (Wildman–Crippen MR) is 99.2 cm³/mol. The van der Waals surface area contributed by atoms with Crippen molar-refractivity contribution in [1.29, 1.82) is 0 Å². The Morgan fingerprint density at radius 1 is 0.960 bits per heavy atom. The summed E-state index contributed by atoms with van der Waals surface area (Å²) in [6.07, 6.45) is 0. The Morgan fingerprint density at radius 2 is 1.64 bits per heavy atom. The SMILES string of the molecule is COc1ccc2cc(C(SC(=O)c3ccccc3)C(=O)O)ccc2c1. The molecule has 0 radical (unpaired) electrons. The molecule has 25 heavy (non-hydrogen) atoms. The molecule has 0 bridgehead atoms. The van der Waals surface area contributed by atoms with Crippen molar-refractivity contribution in [1.82, 2.24) is 0 Å². The highest BCUT2D eigenvalue weighted by atomic mass is 32.2. The summed E-state index contributed by atoms with van der Waals surface area (Å²) in [5.74, 6) is -0.300. The van der Waals surface area contributed by atoms with E-state index in [9.17, 15) is 14.7 Å². The number of methoxy groups -OCH3 is 1. The maximum absolute atomic E-state index is 12.4. The second kappa shape index (κ2) is 7.40. The predicted octanol–water partition coefficient (Wildman–Crippen LogP) is 4.55. The lowest BCUT2D eigenvalue weighted by molar-refractivity contribution is -0.136. The van der Waals surface area contributed by atoms with Crippen LogP contribution in [0.15, 0.2) is 66.7 Å². The summed E-state index contributed by atoms with van der Waals surface area (Å²) >= 11 is 0.812. The van der Waals surface area contributed by atoms with Crippen LogP contribution in [0.1, 0.15) is 21.2 Å². The summed E-state index contributed by atoms with van der Waals surface area (Å²) in [6.45, 7) is 0. The Bertz CT molecular complexity index is 921. The third-order valence-electron chi connectivity index (χ3n) is 3.83. The first-order valence-corrected chi connectivity index (χ1v) is 8.53. The smallest absolute Gasteiger partial charge is 0.321 e. The molecule has 5 heteroatoms. The fourth-order valence-corrected chi connectivity index (χ4v) is 3.41. The van der Waals surface area contributed by atoms with E-state index in [1.807, 2.05) is 30.3 Å². The lowest BCUT2D eigenvalue weighted by Crippen LogP contribution is -2.11. The highest BCUT2D eigenvalue weighted by molar-refractivity contribution is 8.14. The van der Waals surface area contributed by atoms with Crippen LogP contribution in [0.25, 0.3) is 10.8 Å². The van der Waals surface area contributed by atoms with Gasteiger partial charge in [-0.1, -0.05) is 60.3 Å². The Hall–Kier alpha value is -2.79. The number of rotatable bonds is 5. The van der Waals surface area contributed by atoms with E-state index in [1.165, 1.54) is 0 Å². The molecule has 0 amide bonds. The first-order valence-electron chi connectivity index (χ1n) is 7.65. The molecule has 3 aromatic rings. The van der Waals surface area contributed by atoms with E-state index in [0.717, 1.165) is 28.3 Å². The van der Waals surface area contributed by atoms with Crippen molar-refractivity contribution in [2.45, 2.75) is 5.25 Å². The van der Waals surface area contributed by atoms with Crippen LogP contribution >= 0.6 is 11.8 Å². The van der Waals surface area contributed by atoms with Crippen molar-refractivity contribution in [3.8, 4) is 5.75 Å². The molecule has 0 fully saturated rings. The Labute approximate surface area is 149 Å². The molecule has 1 unspecified atom stereocenters. The largest absolute Gasteiger partial charge is 0.497 e. The van der Waals surface area contributed by atoms with Crippen LogP contribution in [0.2, 0.25) is 0 Å².